The molecule has 9 N–H and O–H groups in total. The van der Waals surface area contributed by atoms with Crippen LogP contribution in [0.25, 0.3) is 10.9 Å². The summed E-state index contributed by atoms with van der Waals surface area (Å²) in [7, 11) is 0. The van der Waals surface area contributed by atoms with E-state index >= 15 is 0 Å². The average molecular weight is 724 g/mol. The molecule has 3 aromatic rings. The first-order valence-corrected chi connectivity index (χ1v) is 18.0. The number of pyridine rings is 1. The van der Waals surface area contributed by atoms with E-state index in [0.29, 0.717) is 16.7 Å². The van der Waals surface area contributed by atoms with Gasteiger partial charge in [0.05, 0.1) is 31.0 Å². The number of terminal acetylenes is 1. The molecule has 0 radical (unpaired) electrons. The summed E-state index contributed by atoms with van der Waals surface area (Å²) in [6.07, 6.45) is 9.14. The Labute approximate surface area is 298 Å². The van der Waals surface area contributed by atoms with Crippen LogP contribution < -0.4 is 32.3 Å². The van der Waals surface area contributed by atoms with Crippen molar-refractivity contribution in [1.82, 2.24) is 31.6 Å². The van der Waals surface area contributed by atoms with Crippen molar-refractivity contribution in [2.45, 2.75) is 36.3 Å². The predicted octanol–water partition coefficient (Wildman–Crippen LogP) is 0.505. The summed E-state index contributed by atoms with van der Waals surface area (Å²) >= 11 is 2.76. The van der Waals surface area contributed by atoms with Crippen LogP contribution in [-0.4, -0.2) is 100 Å². The molecule has 266 valence electrons. The number of amides is 4. The number of nitrogens with zero attached hydrogens (tertiary/aromatic N) is 1. The summed E-state index contributed by atoms with van der Waals surface area (Å²) in [6, 6.07) is 12.5. The number of thioether (sulfide) groups is 2. The lowest BCUT2D eigenvalue weighted by atomic mass is 10.0. The standard InChI is InChI=1S/C34H41N7O7S2/c1-3-14-37-33(23-11-12-27(42)30-22(23)10-7-15-36-30)50-20-24(35)31(45)39-18-28(43)38-19-29(44)40-26(17-21-8-5-4-6-9-21)32(46)41-25(34(47)48)13-16-49-2/h1,4-12,15,24-26,33,37,42H,13-14,16-20,35H2,2H3,(H,38,43)(H,39,45)(H,40,44)(H,41,46)(H,47,48)/t24-,25-,26-,33?/m0/s1. The first-order chi connectivity index (χ1) is 24.0. The van der Waals surface area contributed by atoms with Crippen LogP contribution in [0.2, 0.25) is 0 Å². The van der Waals surface area contributed by atoms with Crippen molar-refractivity contribution in [3.8, 4) is 18.1 Å². The van der Waals surface area contributed by atoms with Gasteiger partial charge >= 0.3 is 5.97 Å². The number of nitrogens with one attached hydrogen (secondary N) is 5. The predicted molar refractivity (Wildman–Crippen MR) is 194 cm³/mol. The number of aliphatic carboxylic acids is 1. The zero-order valence-electron chi connectivity index (χ0n) is 27.4. The smallest absolute Gasteiger partial charge is 0.326 e. The van der Waals surface area contributed by atoms with Crippen molar-refractivity contribution >= 4 is 64.0 Å². The molecule has 0 saturated heterocycles. The Morgan fingerprint density at radius 3 is 2.38 bits per heavy atom. The summed E-state index contributed by atoms with van der Waals surface area (Å²) in [5.41, 5.74) is 8.06. The van der Waals surface area contributed by atoms with Gasteiger partial charge in [0, 0.05) is 23.8 Å². The largest absolute Gasteiger partial charge is 0.506 e. The Balaban J connectivity index is 1.51. The highest BCUT2D eigenvalue weighted by atomic mass is 32.2. The zero-order chi connectivity index (χ0) is 36.5. The first-order valence-electron chi connectivity index (χ1n) is 15.5. The molecule has 0 spiro atoms. The number of hydrogen-bond acceptors (Lipinski definition) is 11. The van der Waals surface area contributed by atoms with Gasteiger partial charge in [0.25, 0.3) is 0 Å². The molecule has 4 amide bonds. The Bertz CT molecular complexity index is 1670. The molecule has 0 aliphatic heterocycles. The number of rotatable bonds is 20. The SMILES string of the molecule is C#CCNC(SC[C@H](N)C(=O)NCC(=O)NCC(=O)N[C@@H](Cc1ccccc1)C(=O)N[C@@H](CCSC)C(=O)O)c1ccc(O)c2ncccc12. The second kappa shape index (κ2) is 20.6. The molecule has 0 bridgehead atoms. The number of nitrogens with two attached hydrogens (primary N) is 1. The maximum absolute atomic E-state index is 13.1. The summed E-state index contributed by atoms with van der Waals surface area (Å²) in [5.74, 6) is -0.609. The van der Waals surface area contributed by atoms with Gasteiger partial charge in [-0.2, -0.15) is 11.8 Å². The van der Waals surface area contributed by atoms with Crippen LogP contribution in [0.3, 0.4) is 0 Å². The summed E-state index contributed by atoms with van der Waals surface area (Å²) in [5, 5.41) is 33.2. The maximum atomic E-state index is 13.1. The minimum Gasteiger partial charge on any atom is -0.506 e. The average Bonchev–Trinajstić information content (AvgIpc) is 3.11. The minimum absolute atomic E-state index is 0.0281. The normalized spacial score (nSPS) is 13.2. The van der Waals surface area contributed by atoms with Crippen LogP contribution in [0.1, 0.15) is 22.9 Å². The summed E-state index contributed by atoms with van der Waals surface area (Å²) < 4.78 is 0. The third-order valence-corrected chi connectivity index (χ3v) is 9.21. The van der Waals surface area contributed by atoms with Crippen LogP contribution in [0.15, 0.2) is 60.8 Å². The van der Waals surface area contributed by atoms with Gasteiger partial charge in [0.2, 0.25) is 23.6 Å². The highest BCUT2D eigenvalue weighted by molar-refractivity contribution is 7.99. The Morgan fingerprint density at radius 1 is 0.940 bits per heavy atom. The van der Waals surface area contributed by atoms with E-state index in [-0.39, 0.29) is 30.9 Å². The fraction of sp³-hybridized carbons (Fsp3) is 0.353. The lowest BCUT2D eigenvalue weighted by molar-refractivity contribution is -0.142. The number of aromatic hydroxyl groups is 1. The van der Waals surface area contributed by atoms with E-state index in [1.807, 2.05) is 12.3 Å². The third kappa shape index (κ3) is 12.6. The second-order valence-corrected chi connectivity index (χ2v) is 13.1. The Kier molecular flexibility index (Phi) is 16.4. The third-order valence-electron chi connectivity index (χ3n) is 7.26. The van der Waals surface area contributed by atoms with Crippen molar-refractivity contribution in [3.05, 3.63) is 71.9 Å². The molecule has 50 heavy (non-hydrogen) atoms. The van der Waals surface area contributed by atoms with Crippen LogP contribution in [0.4, 0.5) is 0 Å². The molecular weight excluding hydrogens is 683 g/mol. The van der Waals surface area contributed by atoms with Crippen LogP contribution in [-0.2, 0) is 30.4 Å². The zero-order valence-corrected chi connectivity index (χ0v) is 29.0. The number of aromatic nitrogens is 1. The summed E-state index contributed by atoms with van der Waals surface area (Å²) in [4.78, 5) is 66.9. The van der Waals surface area contributed by atoms with Gasteiger partial charge in [-0.25, -0.2) is 4.79 Å². The van der Waals surface area contributed by atoms with Crippen molar-refractivity contribution in [2.75, 3.05) is 37.4 Å². The molecule has 1 aromatic heterocycles. The monoisotopic (exact) mass is 723 g/mol. The molecule has 0 aliphatic carbocycles. The fourth-order valence-corrected chi connectivity index (χ4v) is 6.31. The van der Waals surface area contributed by atoms with Crippen LogP contribution in [0.5, 0.6) is 5.75 Å². The number of phenolic OH excluding ortho intramolecular Hbond substituents is 1. The molecular formula is C34H41N7O7S2. The first kappa shape index (κ1) is 39.6. The molecule has 1 unspecified atom stereocenters. The number of carbonyl (C=O) groups excluding carboxylic acids is 4. The van der Waals surface area contributed by atoms with Crippen LogP contribution in [0, 0.1) is 12.3 Å². The fourth-order valence-electron chi connectivity index (χ4n) is 4.70. The molecule has 4 atom stereocenters. The van der Waals surface area contributed by atoms with Gasteiger partial charge in [-0.05, 0) is 41.7 Å². The lowest BCUT2D eigenvalue weighted by Gasteiger charge is -2.22. The molecule has 14 nitrogen and oxygen atoms in total. The van der Waals surface area contributed by atoms with Crippen molar-refractivity contribution < 1.29 is 34.2 Å². The van der Waals surface area contributed by atoms with Crippen molar-refractivity contribution in [1.29, 1.82) is 0 Å². The molecule has 0 saturated carbocycles. The van der Waals surface area contributed by atoms with Crippen molar-refractivity contribution in [2.24, 2.45) is 5.73 Å². The number of carboxylic acid groups (broad SMARTS) is 1. The highest BCUT2D eigenvalue weighted by Crippen LogP contribution is 2.34. The number of phenols is 1. The number of fused-ring (bicyclic) bond motifs is 1. The molecule has 0 fully saturated rings. The topological polar surface area (TPSA) is 225 Å². The van der Waals surface area contributed by atoms with E-state index in [1.54, 1.807) is 48.7 Å². The van der Waals surface area contributed by atoms with E-state index in [0.717, 1.165) is 11.1 Å². The van der Waals surface area contributed by atoms with Crippen LogP contribution >= 0.6 is 23.5 Å². The van der Waals surface area contributed by atoms with E-state index in [2.05, 4.69) is 37.5 Å². The number of carbonyl (C=O) groups is 5. The van der Waals surface area contributed by atoms with E-state index in [4.69, 9.17) is 12.2 Å². The second-order valence-electron chi connectivity index (χ2n) is 11.0. The van der Waals surface area contributed by atoms with Gasteiger partial charge in [0.1, 0.15) is 23.3 Å². The molecule has 16 heteroatoms. The van der Waals surface area contributed by atoms with Gasteiger partial charge in [0.15, 0.2) is 0 Å². The Hall–Kier alpha value is -4.82. The molecule has 2 aromatic carbocycles. The Morgan fingerprint density at radius 2 is 1.68 bits per heavy atom. The van der Waals surface area contributed by atoms with E-state index in [9.17, 15) is 34.2 Å². The lowest BCUT2D eigenvalue weighted by Crippen LogP contribution is -2.54. The maximum Gasteiger partial charge on any atom is 0.326 e. The molecule has 3 rings (SSSR count). The summed E-state index contributed by atoms with van der Waals surface area (Å²) in [6.45, 7) is -0.725. The van der Waals surface area contributed by atoms with Gasteiger partial charge < -0.3 is 37.2 Å². The van der Waals surface area contributed by atoms with E-state index < -0.39 is 66.2 Å². The number of carboxylic acids is 1. The van der Waals surface area contributed by atoms with Gasteiger partial charge in [-0.1, -0.05) is 48.4 Å². The number of benzene rings is 2. The quantitative estimate of drug-likeness (QED) is 0.0590. The molecule has 1 heterocycles. The molecule has 0 aliphatic rings. The van der Waals surface area contributed by atoms with Gasteiger partial charge in [-0.3, -0.25) is 29.5 Å². The highest BCUT2D eigenvalue weighted by Gasteiger charge is 2.27. The van der Waals surface area contributed by atoms with Gasteiger partial charge in [-0.15, -0.1) is 18.2 Å². The van der Waals surface area contributed by atoms with Crippen molar-refractivity contribution in [3.63, 3.8) is 0 Å². The number of hydrogen-bond donors (Lipinski definition) is 8. The minimum atomic E-state index is -1.19. The van der Waals surface area contributed by atoms with E-state index in [1.165, 1.54) is 29.6 Å².